The van der Waals surface area contributed by atoms with Crippen LogP contribution in [-0.2, 0) is 31.4 Å². The van der Waals surface area contributed by atoms with Crippen molar-refractivity contribution in [2.24, 2.45) is 0 Å². The van der Waals surface area contributed by atoms with Gasteiger partial charge in [-0.2, -0.15) is 8.62 Å². The van der Waals surface area contributed by atoms with E-state index in [9.17, 15) is 18.3 Å². The van der Waals surface area contributed by atoms with E-state index in [-0.39, 0.29) is 0 Å². The highest BCUT2D eigenvalue weighted by atomic mass is 31.3. The summed E-state index contributed by atoms with van der Waals surface area (Å²) >= 11 is 0. The third-order valence-corrected chi connectivity index (χ3v) is 3.83. The van der Waals surface area contributed by atoms with Gasteiger partial charge in [0.2, 0.25) is 0 Å². The molecule has 0 unspecified atom stereocenters. The normalized spacial score (nSPS) is 13.3. The van der Waals surface area contributed by atoms with E-state index >= 15 is 0 Å². The standard InChI is InChI=1S/2H4O7P2.H3O4P/c2*1-8(2,3)7-9(4,5)6;1-5(2,3)4/h2*(H2,1,2,3)(H2,4,5,6);(H3,1,2,3,4). The molecule has 0 aromatic rings. The molecule has 0 aromatic carbocycles. The van der Waals surface area contributed by atoms with Crippen molar-refractivity contribution in [3.8, 4) is 0 Å². The average Bonchev–Trinajstić information content (AvgIpc) is 1.81. The van der Waals surface area contributed by atoms with E-state index in [4.69, 9.17) is 58.4 Å². The van der Waals surface area contributed by atoms with Gasteiger partial charge in [0, 0.05) is 0 Å². The molecule has 23 heteroatoms. The highest BCUT2D eigenvalue weighted by Crippen LogP contribution is 2.54. The molecule has 0 aliphatic heterocycles. The predicted octanol–water partition coefficient (Wildman–Crippen LogP) is -2.55. The van der Waals surface area contributed by atoms with Gasteiger partial charge in [0.25, 0.3) is 0 Å². The maximum absolute atomic E-state index is 9.63. The summed E-state index contributed by atoms with van der Waals surface area (Å²) < 4.78 is 53.3. The van der Waals surface area contributed by atoms with Gasteiger partial charge >= 0.3 is 39.1 Å². The molecule has 18 nitrogen and oxygen atoms in total. The molecule has 0 aliphatic carbocycles. The Kier molecular flexibility index (Phi) is 12.3. The van der Waals surface area contributed by atoms with E-state index < -0.39 is 39.1 Å². The smallest absolute Gasteiger partial charge is 0.303 e. The summed E-state index contributed by atoms with van der Waals surface area (Å²) in [6, 6.07) is 0. The number of phosphoric acid groups is 5. The summed E-state index contributed by atoms with van der Waals surface area (Å²) in [5.74, 6) is 0. The maximum Gasteiger partial charge on any atom is 0.478 e. The van der Waals surface area contributed by atoms with Crippen molar-refractivity contribution in [3.63, 3.8) is 0 Å². The monoisotopic (exact) mass is 454 g/mol. The van der Waals surface area contributed by atoms with Crippen LogP contribution < -0.4 is 0 Å². The first kappa shape index (κ1) is 28.4. The summed E-state index contributed by atoms with van der Waals surface area (Å²) in [4.78, 5) is 83.6. The van der Waals surface area contributed by atoms with Crippen molar-refractivity contribution in [2.75, 3.05) is 0 Å². The molecule has 0 saturated carbocycles. The van der Waals surface area contributed by atoms with Crippen molar-refractivity contribution in [2.45, 2.75) is 0 Å². The van der Waals surface area contributed by atoms with Crippen LogP contribution >= 0.6 is 39.1 Å². The highest BCUT2D eigenvalue weighted by molar-refractivity contribution is 7.60. The van der Waals surface area contributed by atoms with Crippen molar-refractivity contribution in [1.29, 1.82) is 0 Å². The lowest BCUT2D eigenvalue weighted by Gasteiger charge is -2.03. The first-order valence-corrected chi connectivity index (χ1v) is 11.5. The molecule has 0 spiro atoms. The molecular weight excluding hydrogens is 443 g/mol. The number of rotatable bonds is 4. The summed E-state index contributed by atoms with van der Waals surface area (Å²) in [7, 11) is -24.8. The zero-order chi connectivity index (χ0) is 19.9. The van der Waals surface area contributed by atoms with Gasteiger partial charge in [-0.3, -0.25) is 0 Å². The van der Waals surface area contributed by atoms with Gasteiger partial charge in [-0.1, -0.05) is 0 Å². The molecule has 0 amide bonds. The second-order valence-corrected chi connectivity index (χ2v) is 8.90. The van der Waals surface area contributed by atoms with Gasteiger partial charge in [-0.25, -0.2) is 22.8 Å². The van der Waals surface area contributed by atoms with Crippen LogP contribution in [-0.4, -0.2) is 53.8 Å². The molecule has 144 valence electrons. The molecule has 0 bridgehead atoms. The minimum atomic E-state index is -5.05. The largest absolute Gasteiger partial charge is 0.478 e. The maximum atomic E-state index is 9.63. The summed E-state index contributed by atoms with van der Waals surface area (Å²) in [6.07, 6.45) is 0. The molecule has 23 heavy (non-hydrogen) atoms. The Hall–Kier alpha value is 0.630. The van der Waals surface area contributed by atoms with Crippen LogP contribution in [0, 0.1) is 0 Å². The molecule has 0 heterocycles. The van der Waals surface area contributed by atoms with Gasteiger partial charge in [0.05, 0.1) is 0 Å². The van der Waals surface area contributed by atoms with Gasteiger partial charge in [-0.15, -0.1) is 0 Å². The Balaban J connectivity index is -0.000000273. The highest BCUT2D eigenvalue weighted by Gasteiger charge is 2.28. The minimum absolute atomic E-state index is 2.96. The molecular formula is H11O18P5. The Bertz CT molecular complexity index is 460. The first-order valence-electron chi connectivity index (χ1n) is 3.84. The van der Waals surface area contributed by atoms with Crippen LogP contribution in [0.2, 0.25) is 0 Å². The fourth-order valence-electron chi connectivity index (χ4n) is 0.277. The van der Waals surface area contributed by atoms with E-state index in [1.165, 1.54) is 0 Å². The Labute approximate surface area is 125 Å². The van der Waals surface area contributed by atoms with E-state index in [0.717, 1.165) is 0 Å². The fourth-order valence-corrected chi connectivity index (χ4v) is 2.49. The third kappa shape index (κ3) is 60.4. The number of hydrogen-bond donors (Lipinski definition) is 11. The van der Waals surface area contributed by atoms with Gasteiger partial charge in [-0.05, 0) is 0 Å². The predicted molar refractivity (Wildman–Crippen MR) is 64.6 cm³/mol. The molecule has 0 rings (SSSR count). The first-order chi connectivity index (χ1) is 9.41. The van der Waals surface area contributed by atoms with E-state index in [0.29, 0.717) is 0 Å². The van der Waals surface area contributed by atoms with E-state index in [1.54, 1.807) is 0 Å². The topological polar surface area (TPSA) is 326 Å². The zero-order valence-electron chi connectivity index (χ0n) is 10.0. The second kappa shape index (κ2) is 9.94. The lowest BCUT2D eigenvalue weighted by Crippen LogP contribution is -1.84. The summed E-state index contributed by atoms with van der Waals surface area (Å²) in [5, 5.41) is 0. The van der Waals surface area contributed by atoms with Crippen molar-refractivity contribution < 1.29 is 85.3 Å². The molecule has 0 aromatic heterocycles. The lowest BCUT2D eigenvalue weighted by molar-refractivity contribution is 0.221. The van der Waals surface area contributed by atoms with Crippen LogP contribution in [0.5, 0.6) is 0 Å². The van der Waals surface area contributed by atoms with Crippen molar-refractivity contribution in [1.82, 2.24) is 0 Å². The fraction of sp³-hybridized carbons (Fsp3) is 0. The molecule has 0 saturated heterocycles. The Morgan fingerprint density at radius 2 is 0.478 bits per heavy atom. The van der Waals surface area contributed by atoms with Crippen molar-refractivity contribution >= 4 is 39.1 Å². The van der Waals surface area contributed by atoms with Gasteiger partial charge < -0.3 is 53.8 Å². The van der Waals surface area contributed by atoms with Crippen LogP contribution in [0.15, 0.2) is 0 Å². The van der Waals surface area contributed by atoms with Gasteiger partial charge in [0.1, 0.15) is 0 Å². The molecule has 0 aliphatic rings. The average molecular weight is 454 g/mol. The SMILES string of the molecule is O=P(O)(O)O.O=P(O)(O)OP(=O)(O)O.O=P(O)(O)OP(=O)(O)O. The minimum Gasteiger partial charge on any atom is -0.303 e. The third-order valence-electron chi connectivity index (χ3n) is 0.425. The molecule has 11 N–H and O–H groups in total. The Morgan fingerprint density at radius 3 is 0.478 bits per heavy atom. The lowest BCUT2D eigenvalue weighted by atomic mass is 15.7. The van der Waals surface area contributed by atoms with Crippen LogP contribution in [0.3, 0.4) is 0 Å². The number of hydrogen-bond acceptors (Lipinski definition) is 7. The van der Waals surface area contributed by atoms with Crippen molar-refractivity contribution in [3.05, 3.63) is 0 Å². The second-order valence-electron chi connectivity index (χ2n) is 2.64. The summed E-state index contributed by atoms with van der Waals surface area (Å²) in [6.45, 7) is 0. The summed E-state index contributed by atoms with van der Waals surface area (Å²) in [5.41, 5.74) is 0. The van der Waals surface area contributed by atoms with Crippen LogP contribution in [0.25, 0.3) is 0 Å². The Morgan fingerprint density at radius 1 is 0.391 bits per heavy atom. The van der Waals surface area contributed by atoms with Gasteiger partial charge in [0.15, 0.2) is 0 Å². The van der Waals surface area contributed by atoms with E-state index in [2.05, 4.69) is 8.62 Å². The quantitative estimate of drug-likeness (QED) is 0.195. The van der Waals surface area contributed by atoms with Crippen LogP contribution in [0.1, 0.15) is 0 Å². The van der Waals surface area contributed by atoms with E-state index in [1.807, 2.05) is 0 Å². The van der Waals surface area contributed by atoms with Crippen LogP contribution in [0.4, 0.5) is 0 Å². The molecule has 0 atom stereocenters. The zero-order valence-corrected chi connectivity index (χ0v) is 14.5. The molecule has 0 radical (unpaired) electrons. The molecule has 0 fully saturated rings.